The molecule has 19 heavy (non-hydrogen) atoms. The Morgan fingerprint density at radius 2 is 1.74 bits per heavy atom. The van der Waals surface area contributed by atoms with Crippen LogP contribution in [-0.2, 0) is 0 Å². The summed E-state index contributed by atoms with van der Waals surface area (Å²) in [5.74, 6) is -1.08. The third-order valence-electron chi connectivity index (χ3n) is 2.65. The number of rotatable bonds is 1. The topological polar surface area (TPSA) is 70.7 Å². The SMILES string of the molecule is [2H]c1cc(-c2coc3c([2H])c(O)c([2H])cc3c2=O)cc([2H])c1O. The molecule has 4 heteroatoms. The van der Waals surface area contributed by atoms with E-state index in [1.54, 1.807) is 0 Å². The molecule has 0 unspecified atom stereocenters. The normalized spacial score (nSPS) is 13.7. The zero-order valence-electron chi connectivity index (χ0n) is 13.5. The second kappa shape index (κ2) is 4.17. The fourth-order valence-electron chi connectivity index (χ4n) is 1.73. The Bertz CT molecular complexity index is 988. The minimum absolute atomic E-state index is 0.0315. The molecule has 1 aromatic heterocycles. The van der Waals surface area contributed by atoms with Gasteiger partial charge in [0.05, 0.1) is 16.4 Å². The summed E-state index contributed by atoms with van der Waals surface area (Å²) in [5, 5.41) is 19.0. The van der Waals surface area contributed by atoms with Gasteiger partial charge in [-0.2, -0.15) is 0 Å². The predicted molar refractivity (Wildman–Crippen MR) is 71.2 cm³/mol. The fourth-order valence-corrected chi connectivity index (χ4v) is 1.73. The van der Waals surface area contributed by atoms with Gasteiger partial charge < -0.3 is 14.6 Å². The first kappa shape index (κ1) is 7.63. The van der Waals surface area contributed by atoms with Crippen LogP contribution in [-0.4, -0.2) is 10.2 Å². The molecule has 0 aliphatic heterocycles. The van der Waals surface area contributed by atoms with E-state index in [2.05, 4.69) is 0 Å². The summed E-state index contributed by atoms with van der Waals surface area (Å²) < 4.78 is 35.7. The molecule has 94 valence electrons. The van der Waals surface area contributed by atoms with E-state index < -0.39 is 23.0 Å². The molecule has 1 heterocycles. The lowest BCUT2D eigenvalue weighted by Gasteiger charge is -2.03. The summed E-state index contributed by atoms with van der Waals surface area (Å²) in [4.78, 5) is 12.6. The van der Waals surface area contributed by atoms with Crippen molar-refractivity contribution < 1.29 is 20.1 Å². The molecule has 3 aromatic rings. The van der Waals surface area contributed by atoms with Crippen LogP contribution in [0.3, 0.4) is 0 Å². The molecule has 2 aromatic carbocycles. The Hall–Kier alpha value is -2.75. The van der Waals surface area contributed by atoms with Crippen LogP contribution >= 0.6 is 0 Å². The Kier molecular flexibility index (Phi) is 1.68. The summed E-state index contributed by atoms with van der Waals surface area (Å²) in [6.45, 7) is 0. The maximum absolute atomic E-state index is 12.6. The molecular weight excluding hydrogens is 244 g/mol. The third-order valence-corrected chi connectivity index (χ3v) is 2.65. The van der Waals surface area contributed by atoms with Crippen LogP contribution in [0.1, 0.15) is 5.48 Å². The Morgan fingerprint density at radius 3 is 2.47 bits per heavy atom. The third kappa shape index (κ3) is 1.93. The number of phenols is 2. The maximum atomic E-state index is 12.6. The van der Waals surface area contributed by atoms with Gasteiger partial charge in [0.2, 0.25) is 0 Å². The van der Waals surface area contributed by atoms with E-state index in [0.717, 1.165) is 12.3 Å². The second-order valence-corrected chi connectivity index (χ2v) is 3.86. The van der Waals surface area contributed by atoms with Gasteiger partial charge in [0, 0.05) is 6.04 Å². The summed E-state index contributed by atoms with van der Waals surface area (Å²) >= 11 is 0. The van der Waals surface area contributed by atoms with Gasteiger partial charge in [-0.15, -0.1) is 0 Å². The molecule has 0 aliphatic carbocycles. The molecule has 0 amide bonds. The number of hydrogen-bond donors (Lipinski definition) is 2. The average Bonchev–Trinajstić information content (AvgIpc) is 2.51. The molecule has 0 radical (unpaired) electrons. The monoisotopic (exact) mass is 258 g/mol. The highest BCUT2D eigenvalue weighted by Crippen LogP contribution is 2.23. The molecular formula is C15H10O4. The van der Waals surface area contributed by atoms with Crippen LogP contribution in [0, 0.1) is 0 Å². The zero-order chi connectivity index (χ0) is 16.9. The van der Waals surface area contributed by atoms with Crippen LogP contribution < -0.4 is 5.43 Å². The van der Waals surface area contributed by atoms with Crippen molar-refractivity contribution in [2.24, 2.45) is 0 Å². The van der Waals surface area contributed by atoms with E-state index in [-0.39, 0.29) is 40.2 Å². The van der Waals surface area contributed by atoms with E-state index >= 15 is 0 Å². The molecule has 0 aliphatic rings. The molecule has 0 saturated heterocycles. The number of aromatic hydroxyl groups is 2. The lowest BCUT2D eigenvalue weighted by Crippen LogP contribution is -2.04. The fraction of sp³-hybridized carbons (Fsp3) is 0. The lowest BCUT2D eigenvalue weighted by molar-refractivity contribution is 0.473. The van der Waals surface area contributed by atoms with E-state index in [0.29, 0.717) is 0 Å². The van der Waals surface area contributed by atoms with Gasteiger partial charge in [-0.1, -0.05) is 12.1 Å². The molecule has 0 spiro atoms. The summed E-state index contributed by atoms with van der Waals surface area (Å²) in [5.41, 5.74) is -0.468. The number of hydrogen-bond acceptors (Lipinski definition) is 4. The van der Waals surface area contributed by atoms with Crippen molar-refractivity contribution in [3.8, 4) is 22.6 Å². The molecule has 3 rings (SSSR count). The Morgan fingerprint density at radius 1 is 1.05 bits per heavy atom. The Labute approximate surface area is 113 Å². The van der Waals surface area contributed by atoms with Crippen molar-refractivity contribution in [2.75, 3.05) is 0 Å². The minimum Gasteiger partial charge on any atom is -0.508 e. The van der Waals surface area contributed by atoms with Crippen molar-refractivity contribution in [3.05, 3.63) is 58.9 Å². The van der Waals surface area contributed by atoms with Gasteiger partial charge in [0.1, 0.15) is 23.3 Å². The van der Waals surface area contributed by atoms with Gasteiger partial charge in [-0.3, -0.25) is 4.79 Å². The highest BCUT2D eigenvalue weighted by Gasteiger charge is 2.09. The average molecular weight is 258 g/mol. The van der Waals surface area contributed by atoms with Gasteiger partial charge in [0.25, 0.3) is 0 Å². The smallest absolute Gasteiger partial charge is 0.200 e. The molecule has 0 atom stereocenters. The van der Waals surface area contributed by atoms with Crippen LogP contribution in [0.25, 0.3) is 22.1 Å². The summed E-state index contributed by atoms with van der Waals surface area (Å²) in [7, 11) is 0. The van der Waals surface area contributed by atoms with Crippen molar-refractivity contribution >= 4 is 11.0 Å². The highest BCUT2D eigenvalue weighted by atomic mass is 16.3. The van der Waals surface area contributed by atoms with Gasteiger partial charge >= 0.3 is 0 Å². The van der Waals surface area contributed by atoms with Crippen LogP contribution in [0.15, 0.2) is 57.8 Å². The first-order valence-corrected chi connectivity index (χ1v) is 5.36. The highest BCUT2D eigenvalue weighted by molar-refractivity contribution is 5.82. The lowest BCUT2D eigenvalue weighted by atomic mass is 10.1. The van der Waals surface area contributed by atoms with Crippen molar-refractivity contribution in [1.29, 1.82) is 0 Å². The van der Waals surface area contributed by atoms with E-state index in [1.165, 1.54) is 12.1 Å². The quantitative estimate of drug-likeness (QED) is 0.704. The second-order valence-electron chi connectivity index (χ2n) is 3.86. The van der Waals surface area contributed by atoms with Crippen LogP contribution in [0.5, 0.6) is 11.5 Å². The van der Waals surface area contributed by atoms with Gasteiger partial charge in [-0.05, 0) is 29.8 Å². The first-order valence-electron chi connectivity index (χ1n) is 7.36. The molecule has 0 fully saturated rings. The predicted octanol–water partition coefficient (Wildman–Crippen LogP) is 2.87. The number of fused-ring (bicyclic) bond motifs is 1. The number of phenolic OH excluding ortho intramolecular Hbond substituents is 2. The Balaban J connectivity index is 2.35. The van der Waals surface area contributed by atoms with E-state index in [4.69, 9.17) is 9.90 Å². The largest absolute Gasteiger partial charge is 0.508 e. The van der Waals surface area contributed by atoms with Gasteiger partial charge in [0.15, 0.2) is 5.43 Å². The van der Waals surface area contributed by atoms with E-state index in [9.17, 15) is 15.0 Å². The maximum Gasteiger partial charge on any atom is 0.200 e. The standard InChI is InChI=1S/C15H10O4/c16-10-3-1-9(2-4-10)13-8-19-14-7-11(17)5-6-12(14)15(13)18/h1-8,16-17H/i3D,4D,5D,7D. The minimum atomic E-state index is -0.583. The van der Waals surface area contributed by atoms with E-state index in [1.807, 2.05) is 0 Å². The first-order chi connectivity index (χ1) is 10.8. The number of benzene rings is 2. The van der Waals surface area contributed by atoms with Crippen molar-refractivity contribution in [2.45, 2.75) is 0 Å². The zero-order valence-corrected chi connectivity index (χ0v) is 9.52. The summed E-state index contributed by atoms with van der Waals surface area (Å²) in [6.07, 6.45) is 1.07. The van der Waals surface area contributed by atoms with Crippen molar-refractivity contribution in [3.63, 3.8) is 0 Å². The molecule has 2 N–H and O–H groups in total. The molecule has 0 saturated carbocycles. The summed E-state index contributed by atoms with van der Waals surface area (Å²) in [6, 6.07) is 2.09. The van der Waals surface area contributed by atoms with Crippen molar-refractivity contribution in [1.82, 2.24) is 0 Å². The van der Waals surface area contributed by atoms with Gasteiger partial charge in [-0.25, -0.2) is 0 Å². The molecule has 4 nitrogen and oxygen atoms in total. The molecule has 0 bridgehead atoms. The van der Waals surface area contributed by atoms with Crippen LogP contribution in [0.2, 0.25) is 0 Å². The van der Waals surface area contributed by atoms with Crippen LogP contribution in [0.4, 0.5) is 0 Å².